The third-order valence-corrected chi connectivity index (χ3v) is 2.86. The molecule has 21 heavy (non-hydrogen) atoms. The maximum atomic E-state index is 12.0. The Morgan fingerprint density at radius 2 is 1.57 bits per heavy atom. The summed E-state index contributed by atoms with van der Waals surface area (Å²) in [5, 5.41) is 0. The molecule has 0 aliphatic heterocycles. The summed E-state index contributed by atoms with van der Waals surface area (Å²) < 4.78 is 33.4. The predicted molar refractivity (Wildman–Crippen MR) is 73.9 cm³/mol. The second-order valence-corrected chi connectivity index (χ2v) is 4.29. The maximum Gasteiger partial charge on any atom is 0.387 e. The van der Waals surface area contributed by atoms with Crippen molar-refractivity contribution in [2.75, 3.05) is 0 Å². The van der Waals surface area contributed by atoms with Gasteiger partial charge < -0.3 is 9.47 Å². The minimum absolute atomic E-state index is 0.00570. The van der Waals surface area contributed by atoms with Gasteiger partial charge in [0.1, 0.15) is 11.5 Å². The van der Waals surface area contributed by atoms with E-state index in [1.165, 1.54) is 24.3 Å². The second kappa shape index (κ2) is 6.83. The van der Waals surface area contributed by atoms with E-state index in [4.69, 9.17) is 4.74 Å². The Bertz CT molecular complexity index is 592. The van der Waals surface area contributed by atoms with Crippen LogP contribution in [0.25, 0.3) is 0 Å². The minimum atomic E-state index is -2.89. The lowest BCUT2D eigenvalue weighted by molar-refractivity contribution is -0.0498. The fraction of sp³-hybridized carbons (Fsp3) is 0.188. The molecule has 0 atom stereocenters. The van der Waals surface area contributed by atoms with Crippen molar-refractivity contribution in [1.29, 1.82) is 0 Å². The van der Waals surface area contributed by atoms with E-state index in [0.29, 0.717) is 5.75 Å². The molecule has 0 bridgehead atoms. The highest BCUT2D eigenvalue weighted by Crippen LogP contribution is 2.18. The van der Waals surface area contributed by atoms with Gasteiger partial charge in [-0.05, 0) is 48.4 Å². The maximum absolute atomic E-state index is 12.0. The lowest BCUT2D eigenvalue weighted by Crippen LogP contribution is -2.08. The van der Waals surface area contributed by atoms with Crippen LogP contribution in [0.15, 0.2) is 48.5 Å². The Balaban J connectivity index is 2.02. The molecular formula is C16H14F2O3. The van der Waals surface area contributed by atoms with Crippen LogP contribution < -0.4 is 9.47 Å². The molecule has 0 N–H and O–H groups in total. The molecule has 0 aliphatic carbocycles. The molecule has 0 heterocycles. The molecule has 0 aliphatic rings. The molecule has 2 aromatic rings. The number of halogens is 2. The summed E-state index contributed by atoms with van der Waals surface area (Å²) in [6.07, 6.45) is 0.903. The number of alkyl halides is 2. The molecule has 2 rings (SSSR count). The van der Waals surface area contributed by atoms with E-state index in [2.05, 4.69) is 4.74 Å². The monoisotopic (exact) mass is 292 g/mol. The van der Waals surface area contributed by atoms with Gasteiger partial charge in [0.2, 0.25) is 0 Å². The van der Waals surface area contributed by atoms with E-state index in [1.54, 1.807) is 12.1 Å². The zero-order valence-corrected chi connectivity index (χ0v) is 11.4. The highest BCUT2D eigenvalue weighted by Gasteiger charge is 2.10. The Hall–Kier alpha value is -2.43. The molecule has 0 aromatic heterocycles. The zero-order chi connectivity index (χ0) is 15.2. The SMILES string of the molecule is CCc1ccc(OC(=O)c2ccc(OC(F)F)cc2)cc1. The smallest absolute Gasteiger partial charge is 0.387 e. The number of carbonyl (C=O) groups excluding carboxylic acids is 1. The van der Waals surface area contributed by atoms with Crippen LogP contribution in [0.4, 0.5) is 8.78 Å². The fourth-order valence-corrected chi connectivity index (χ4v) is 1.73. The van der Waals surface area contributed by atoms with E-state index in [0.717, 1.165) is 12.0 Å². The van der Waals surface area contributed by atoms with Crippen molar-refractivity contribution in [3.05, 3.63) is 59.7 Å². The molecule has 5 heteroatoms. The van der Waals surface area contributed by atoms with Crippen molar-refractivity contribution in [2.45, 2.75) is 20.0 Å². The van der Waals surface area contributed by atoms with Crippen molar-refractivity contribution >= 4 is 5.97 Å². The lowest BCUT2D eigenvalue weighted by atomic mass is 10.2. The molecule has 0 unspecified atom stereocenters. The van der Waals surface area contributed by atoms with Crippen LogP contribution in [0.1, 0.15) is 22.8 Å². The van der Waals surface area contributed by atoms with Gasteiger partial charge in [-0.3, -0.25) is 0 Å². The van der Waals surface area contributed by atoms with Gasteiger partial charge in [0.25, 0.3) is 0 Å². The van der Waals surface area contributed by atoms with Gasteiger partial charge in [-0.15, -0.1) is 0 Å². The fourth-order valence-electron chi connectivity index (χ4n) is 1.73. The topological polar surface area (TPSA) is 35.5 Å². The summed E-state index contributed by atoms with van der Waals surface area (Å²) in [5.41, 5.74) is 1.40. The van der Waals surface area contributed by atoms with Crippen LogP contribution in [0, 0.1) is 0 Å². The van der Waals surface area contributed by atoms with E-state index >= 15 is 0 Å². The number of carbonyl (C=O) groups is 1. The summed E-state index contributed by atoms with van der Waals surface area (Å²) in [7, 11) is 0. The Morgan fingerprint density at radius 1 is 1.00 bits per heavy atom. The van der Waals surface area contributed by atoms with Crippen LogP contribution in [-0.2, 0) is 6.42 Å². The summed E-state index contributed by atoms with van der Waals surface area (Å²) in [5.74, 6) is -0.123. The van der Waals surface area contributed by atoms with Crippen molar-refractivity contribution in [1.82, 2.24) is 0 Å². The summed E-state index contributed by atoms with van der Waals surface area (Å²) >= 11 is 0. The Kier molecular flexibility index (Phi) is 4.87. The average molecular weight is 292 g/mol. The van der Waals surface area contributed by atoms with Crippen molar-refractivity contribution in [3.63, 3.8) is 0 Å². The van der Waals surface area contributed by atoms with E-state index < -0.39 is 12.6 Å². The average Bonchev–Trinajstić information content (AvgIpc) is 2.48. The van der Waals surface area contributed by atoms with Gasteiger partial charge in [0.15, 0.2) is 0 Å². The number of rotatable bonds is 5. The molecule has 2 aromatic carbocycles. The first kappa shape index (κ1) is 15.0. The van der Waals surface area contributed by atoms with Gasteiger partial charge in [0, 0.05) is 0 Å². The third kappa shape index (κ3) is 4.27. The van der Waals surface area contributed by atoms with Crippen LogP contribution >= 0.6 is 0 Å². The van der Waals surface area contributed by atoms with E-state index in [1.807, 2.05) is 19.1 Å². The first-order valence-electron chi connectivity index (χ1n) is 6.44. The molecule has 0 fully saturated rings. The molecule has 0 saturated carbocycles. The lowest BCUT2D eigenvalue weighted by Gasteiger charge is -2.07. The number of esters is 1. The highest BCUT2D eigenvalue weighted by atomic mass is 19.3. The quantitative estimate of drug-likeness (QED) is 0.615. The first-order valence-corrected chi connectivity index (χ1v) is 6.44. The van der Waals surface area contributed by atoms with Gasteiger partial charge in [-0.25, -0.2) is 4.79 Å². The number of benzene rings is 2. The highest BCUT2D eigenvalue weighted by molar-refractivity contribution is 5.91. The standard InChI is InChI=1S/C16H14F2O3/c1-2-11-3-7-13(8-4-11)20-15(19)12-5-9-14(10-6-12)21-16(17)18/h3-10,16H,2H2,1H3. The van der Waals surface area contributed by atoms with Gasteiger partial charge in [-0.1, -0.05) is 19.1 Å². The summed E-state index contributed by atoms with van der Waals surface area (Å²) in [6.45, 7) is -0.857. The van der Waals surface area contributed by atoms with Crippen molar-refractivity contribution < 1.29 is 23.0 Å². The normalized spacial score (nSPS) is 10.5. The largest absolute Gasteiger partial charge is 0.435 e. The van der Waals surface area contributed by atoms with Gasteiger partial charge in [0.05, 0.1) is 5.56 Å². The number of hydrogen-bond donors (Lipinski definition) is 0. The summed E-state index contributed by atoms with van der Waals surface area (Å²) in [6, 6.07) is 12.5. The Morgan fingerprint density at radius 3 is 2.10 bits per heavy atom. The molecule has 3 nitrogen and oxygen atoms in total. The molecule has 0 radical (unpaired) electrons. The number of aryl methyl sites for hydroxylation is 1. The Labute approximate surface area is 121 Å². The molecular weight excluding hydrogens is 278 g/mol. The predicted octanol–water partition coefficient (Wildman–Crippen LogP) is 4.07. The van der Waals surface area contributed by atoms with Gasteiger partial charge >= 0.3 is 12.6 Å². The van der Waals surface area contributed by atoms with Crippen LogP contribution in [0.3, 0.4) is 0 Å². The molecule has 0 spiro atoms. The van der Waals surface area contributed by atoms with Gasteiger partial charge in [-0.2, -0.15) is 8.78 Å². The van der Waals surface area contributed by atoms with Crippen LogP contribution in [-0.4, -0.2) is 12.6 Å². The van der Waals surface area contributed by atoms with Crippen molar-refractivity contribution in [3.8, 4) is 11.5 Å². The summed E-state index contributed by atoms with van der Waals surface area (Å²) in [4.78, 5) is 11.9. The number of hydrogen-bond acceptors (Lipinski definition) is 3. The van der Waals surface area contributed by atoms with E-state index in [9.17, 15) is 13.6 Å². The molecule has 110 valence electrons. The van der Waals surface area contributed by atoms with Crippen LogP contribution in [0.2, 0.25) is 0 Å². The molecule has 0 saturated heterocycles. The van der Waals surface area contributed by atoms with E-state index in [-0.39, 0.29) is 11.3 Å². The third-order valence-electron chi connectivity index (χ3n) is 2.86. The number of ether oxygens (including phenoxy) is 2. The first-order chi connectivity index (χ1) is 10.1. The second-order valence-electron chi connectivity index (χ2n) is 4.29. The minimum Gasteiger partial charge on any atom is -0.435 e. The molecule has 0 amide bonds. The van der Waals surface area contributed by atoms with Crippen LogP contribution in [0.5, 0.6) is 11.5 Å². The van der Waals surface area contributed by atoms with Crippen molar-refractivity contribution in [2.24, 2.45) is 0 Å². The zero-order valence-electron chi connectivity index (χ0n) is 11.4.